The molecule has 0 aliphatic carbocycles. The quantitative estimate of drug-likeness (QED) is 0.399. The van der Waals surface area contributed by atoms with Crippen LogP contribution in [0.25, 0.3) is 31.6 Å². The Morgan fingerprint density at radius 2 is 1.79 bits per heavy atom. The maximum absolute atomic E-state index is 12.6. The summed E-state index contributed by atoms with van der Waals surface area (Å²) in [6.07, 6.45) is 1.67. The third kappa shape index (κ3) is 3.70. The molecule has 1 fully saturated rings. The van der Waals surface area contributed by atoms with Crippen molar-refractivity contribution in [2.24, 2.45) is 0 Å². The molecule has 4 aromatic heterocycles. The van der Waals surface area contributed by atoms with Crippen LogP contribution in [0.3, 0.4) is 0 Å². The summed E-state index contributed by atoms with van der Waals surface area (Å²) in [5, 5.41) is 4.04. The third-order valence-corrected chi connectivity index (χ3v) is 8.56. The van der Waals surface area contributed by atoms with Crippen molar-refractivity contribution in [1.29, 1.82) is 0 Å². The molecule has 1 aliphatic heterocycles. The van der Waals surface area contributed by atoms with Gasteiger partial charge in [-0.25, -0.2) is 15.0 Å². The molecule has 1 saturated heterocycles. The predicted molar refractivity (Wildman–Crippen MR) is 140 cm³/mol. The summed E-state index contributed by atoms with van der Waals surface area (Å²) >= 11 is 3.26. The molecule has 1 aromatic carbocycles. The lowest BCUT2D eigenvalue weighted by Gasteiger charge is -2.35. The number of hydrogen-bond acceptors (Lipinski definition) is 8. The van der Waals surface area contributed by atoms with Gasteiger partial charge in [-0.2, -0.15) is 0 Å². The highest BCUT2D eigenvalue weighted by atomic mass is 32.1. The zero-order valence-electron chi connectivity index (χ0n) is 19.0. The highest BCUT2D eigenvalue weighted by Crippen LogP contribution is 2.38. The first-order valence-electron chi connectivity index (χ1n) is 11.3. The Kier molecular flexibility index (Phi) is 5.40. The molecule has 5 aromatic rings. The molecule has 7 nitrogen and oxygen atoms in total. The minimum Gasteiger partial charge on any atom is -0.353 e. The van der Waals surface area contributed by atoms with Gasteiger partial charge in [0.1, 0.15) is 27.6 Å². The Morgan fingerprint density at radius 1 is 1.00 bits per heavy atom. The van der Waals surface area contributed by atoms with Gasteiger partial charge >= 0.3 is 0 Å². The number of piperazine rings is 1. The van der Waals surface area contributed by atoms with E-state index < -0.39 is 0 Å². The number of rotatable bonds is 4. The van der Waals surface area contributed by atoms with Crippen LogP contribution >= 0.6 is 22.7 Å². The number of nitrogens with one attached hydrogen (secondary N) is 1. The number of benzene rings is 1. The van der Waals surface area contributed by atoms with E-state index in [1.807, 2.05) is 19.9 Å². The Hall–Kier alpha value is -3.14. The molecule has 1 N–H and O–H groups in total. The number of nitrogens with zero attached hydrogens (tertiary/aromatic N) is 5. The second kappa shape index (κ2) is 8.57. The first-order chi connectivity index (χ1) is 16.6. The Labute approximate surface area is 204 Å². The molecule has 34 heavy (non-hydrogen) atoms. The van der Waals surface area contributed by atoms with Crippen molar-refractivity contribution in [2.75, 3.05) is 31.1 Å². The van der Waals surface area contributed by atoms with Gasteiger partial charge in [0.05, 0.1) is 17.3 Å². The maximum Gasteiger partial charge on any atom is 0.259 e. The number of thiophene rings is 2. The normalized spacial score (nSPS) is 14.9. The molecule has 0 saturated carbocycles. The van der Waals surface area contributed by atoms with E-state index in [-0.39, 0.29) is 5.56 Å². The number of hydrogen-bond donors (Lipinski definition) is 1. The average Bonchev–Trinajstić information content (AvgIpc) is 3.41. The molecule has 0 bridgehead atoms. The van der Waals surface area contributed by atoms with E-state index in [1.165, 1.54) is 11.1 Å². The lowest BCUT2D eigenvalue weighted by molar-refractivity contribution is 0.244. The molecule has 5 heterocycles. The fraction of sp³-hybridized carbons (Fsp3) is 0.280. The van der Waals surface area contributed by atoms with Gasteiger partial charge in [0.2, 0.25) is 0 Å². The monoisotopic (exact) mass is 488 g/mol. The summed E-state index contributed by atoms with van der Waals surface area (Å²) in [5.74, 6) is 1.74. The Balaban J connectivity index is 1.23. The third-order valence-electron chi connectivity index (χ3n) is 6.57. The van der Waals surface area contributed by atoms with Gasteiger partial charge in [-0.15, -0.1) is 22.7 Å². The van der Waals surface area contributed by atoms with Crippen molar-refractivity contribution in [1.82, 2.24) is 24.8 Å². The van der Waals surface area contributed by atoms with Crippen LogP contribution in [0.1, 0.15) is 16.3 Å². The molecule has 0 radical (unpaired) electrons. The summed E-state index contributed by atoms with van der Waals surface area (Å²) < 4.78 is 0. The van der Waals surface area contributed by atoms with E-state index in [2.05, 4.69) is 49.4 Å². The smallest absolute Gasteiger partial charge is 0.259 e. The predicted octanol–water partition coefficient (Wildman–Crippen LogP) is 4.60. The number of H-pyrrole nitrogens is 1. The van der Waals surface area contributed by atoms with Crippen molar-refractivity contribution in [3.63, 3.8) is 0 Å². The SMILES string of the molecule is Cc1sc2nc(CN3CCN(c4ncnc5scc(-c6ccccc6)c45)CC3)[nH]c(=O)c2c1C. The zero-order chi connectivity index (χ0) is 23.2. The van der Waals surface area contributed by atoms with Crippen LogP contribution in [0.4, 0.5) is 5.82 Å². The van der Waals surface area contributed by atoms with Gasteiger partial charge in [-0.05, 0) is 25.0 Å². The number of aryl methyl sites for hydroxylation is 2. The van der Waals surface area contributed by atoms with Crippen LogP contribution in [0.15, 0.2) is 46.8 Å². The number of fused-ring (bicyclic) bond motifs is 2. The minimum atomic E-state index is -0.0326. The second-order valence-electron chi connectivity index (χ2n) is 8.63. The standard InChI is InChI=1S/C25H24N6OS2/c1-15-16(2)34-25-20(15)23(32)28-19(29-25)12-30-8-10-31(11-9-30)22-21-18(17-6-4-3-5-7-17)13-33-24(21)27-14-26-22/h3-7,13-14H,8-12H2,1-2H3,(H,28,29,32). The molecule has 6 rings (SSSR count). The molecule has 1 aliphatic rings. The van der Waals surface area contributed by atoms with E-state index in [0.717, 1.165) is 68.7 Å². The molecule has 0 unspecified atom stereocenters. The Bertz CT molecular complexity index is 1550. The van der Waals surface area contributed by atoms with Crippen LogP contribution in [-0.2, 0) is 6.54 Å². The average molecular weight is 489 g/mol. The number of aromatic nitrogens is 4. The van der Waals surface area contributed by atoms with Gasteiger partial charge in [0.15, 0.2) is 0 Å². The van der Waals surface area contributed by atoms with E-state index in [9.17, 15) is 4.79 Å². The molecule has 0 amide bonds. The molecule has 0 atom stereocenters. The lowest BCUT2D eigenvalue weighted by Crippen LogP contribution is -2.46. The molecule has 9 heteroatoms. The van der Waals surface area contributed by atoms with Gasteiger partial charge in [-0.1, -0.05) is 30.3 Å². The van der Waals surface area contributed by atoms with Crippen LogP contribution in [0.5, 0.6) is 0 Å². The van der Waals surface area contributed by atoms with Crippen LogP contribution in [0.2, 0.25) is 0 Å². The summed E-state index contributed by atoms with van der Waals surface area (Å²) in [6.45, 7) is 8.15. The van der Waals surface area contributed by atoms with E-state index in [0.29, 0.717) is 6.54 Å². The fourth-order valence-electron chi connectivity index (χ4n) is 4.63. The number of aromatic amines is 1. The van der Waals surface area contributed by atoms with Crippen molar-refractivity contribution in [3.8, 4) is 11.1 Å². The van der Waals surface area contributed by atoms with E-state index in [4.69, 9.17) is 9.97 Å². The van der Waals surface area contributed by atoms with Gasteiger partial charge < -0.3 is 9.88 Å². The molecular formula is C25H24N6OS2. The topological polar surface area (TPSA) is 78.0 Å². The maximum atomic E-state index is 12.6. The summed E-state index contributed by atoms with van der Waals surface area (Å²) in [7, 11) is 0. The largest absolute Gasteiger partial charge is 0.353 e. The van der Waals surface area contributed by atoms with Crippen molar-refractivity contribution in [3.05, 3.63) is 68.7 Å². The first kappa shape index (κ1) is 21.4. The van der Waals surface area contributed by atoms with Crippen molar-refractivity contribution >= 4 is 48.9 Å². The lowest BCUT2D eigenvalue weighted by atomic mass is 10.1. The van der Waals surface area contributed by atoms with E-state index in [1.54, 1.807) is 29.0 Å². The van der Waals surface area contributed by atoms with Gasteiger partial charge in [0.25, 0.3) is 5.56 Å². The van der Waals surface area contributed by atoms with Crippen LogP contribution < -0.4 is 10.5 Å². The summed E-state index contributed by atoms with van der Waals surface area (Å²) in [5.41, 5.74) is 3.38. The molecular weight excluding hydrogens is 464 g/mol. The minimum absolute atomic E-state index is 0.0326. The summed E-state index contributed by atoms with van der Waals surface area (Å²) in [6, 6.07) is 10.4. The van der Waals surface area contributed by atoms with Crippen molar-refractivity contribution < 1.29 is 0 Å². The Morgan fingerprint density at radius 3 is 2.59 bits per heavy atom. The fourth-order valence-corrected chi connectivity index (χ4v) is 6.59. The van der Waals surface area contributed by atoms with Crippen LogP contribution in [0, 0.1) is 13.8 Å². The number of anilines is 1. The van der Waals surface area contributed by atoms with Crippen molar-refractivity contribution in [2.45, 2.75) is 20.4 Å². The highest BCUT2D eigenvalue weighted by Gasteiger charge is 2.23. The molecule has 0 spiro atoms. The first-order valence-corrected chi connectivity index (χ1v) is 13.0. The van der Waals surface area contributed by atoms with Gasteiger partial charge in [0, 0.05) is 42.0 Å². The van der Waals surface area contributed by atoms with Crippen LogP contribution in [-0.4, -0.2) is 51.0 Å². The zero-order valence-corrected chi connectivity index (χ0v) is 20.7. The highest BCUT2D eigenvalue weighted by molar-refractivity contribution is 7.18. The van der Waals surface area contributed by atoms with Gasteiger partial charge in [-0.3, -0.25) is 9.69 Å². The molecule has 172 valence electrons. The van der Waals surface area contributed by atoms with E-state index >= 15 is 0 Å². The second-order valence-corrected chi connectivity index (χ2v) is 10.7. The summed E-state index contributed by atoms with van der Waals surface area (Å²) in [4.78, 5) is 37.3.